The van der Waals surface area contributed by atoms with Crippen molar-refractivity contribution in [3.63, 3.8) is 0 Å². The Kier molecular flexibility index (Phi) is 3.15. The maximum atomic E-state index is 9.94. The standard InChI is InChI=1S/C13H18N4O/c18-12-4-2-1-3-10(12)9-15-13-11-5-6-16-17(11)8-7-14-13/h5-8,10,12,18H,1-4,9H2,(H,14,15). The Bertz CT molecular complexity index is 524. The highest BCUT2D eigenvalue weighted by atomic mass is 16.3. The van der Waals surface area contributed by atoms with E-state index in [1.54, 1.807) is 16.9 Å². The van der Waals surface area contributed by atoms with Crippen LogP contribution in [-0.4, -0.2) is 32.4 Å². The smallest absolute Gasteiger partial charge is 0.152 e. The number of nitrogens with zero attached hydrogens (tertiary/aromatic N) is 3. The van der Waals surface area contributed by atoms with Crippen molar-refractivity contribution in [2.24, 2.45) is 5.92 Å². The van der Waals surface area contributed by atoms with E-state index in [1.165, 1.54) is 6.42 Å². The molecule has 0 saturated heterocycles. The summed E-state index contributed by atoms with van der Waals surface area (Å²) in [5, 5.41) is 17.5. The van der Waals surface area contributed by atoms with Gasteiger partial charge < -0.3 is 10.4 Å². The Morgan fingerprint density at radius 2 is 2.22 bits per heavy atom. The van der Waals surface area contributed by atoms with Crippen LogP contribution in [0.1, 0.15) is 25.7 Å². The molecule has 1 fully saturated rings. The minimum absolute atomic E-state index is 0.170. The summed E-state index contributed by atoms with van der Waals surface area (Å²) in [5.74, 6) is 1.18. The van der Waals surface area contributed by atoms with Crippen molar-refractivity contribution in [1.82, 2.24) is 14.6 Å². The van der Waals surface area contributed by atoms with Crippen molar-refractivity contribution >= 4 is 11.3 Å². The third-order valence-corrected chi connectivity index (χ3v) is 3.73. The number of aliphatic hydroxyl groups is 1. The predicted molar refractivity (Wildman–Crippen MR) is 69.4 cm³/mol. The molecule has 0 spiro atoms. The van der Waals surface area contributed by atoms with Gasteiger partial charge in [-0.3, -0.25) is 0 Å². The Balaban J connectivity index is 1.71. The molecule has 2 N–H and O–H groups in total. The highest BCUT2D eigenvalue weighted by Gasteiger charge is 2.22. The topological polar surface area (TPSA) is 62.5 Å². The summed E-state index contributed by atoms with van der Waals surface area (Å²) in [7, 11) is 0. The van der Waals surface area contributed by atoms with Gasteiger partial charge in [0.15, 0.2) is 5.82 Å². The van der Waals surface area contributed by atoms with Gasteiger partial charge in [0, 0.05) is 24.9 Å². The molecule has 18 heavy (non-hydrogen) atoms. The summed E-state index contributed by atoms with van der Waals surface area (Å²) >= 11 is 0. The van der Waals surface area contributed by atoms with Crippen LogP contribution in [-0.2, 0) is 0 Å². The van der Waals surface area contributed by atoms with Crippen LogP contribution >= 0.6 is 0 Å². The molecule has 2 unspecified atom stereocenters. The van der Waals surface area contributed by atoms with Crippen molar-refractivity contribution in [3.8, 4) is 0 Å². The number of nitrogens with one attached hydrogen (secondary N) is 1. The largest absolute Gasteiger partial charge is 0.393 e. The second kappa shape index (κ2) is 4.94. The van der Waals surface area contributed by atoms with Crippen molar-refractivity contribution in [2.75, 3.05) is 11.9 Å². The van der Waals surface area contributed by atoms with Crippen molar-refractivity contribution in [1.29, 1.82) is 0 Å². The predicted octanol–water partition coefficient (Wildman–Crippen LogP) is 1.69. The summed E-state index contributed by atoms with van der Waals surface area (Å²) in [6.45, 7) is 0.777. The number of anilines is 1. The van der Waals surface area contributed by atoms with Gasteiger partial charge >= 0.3 is 0 Å². The van der Waals surface area contributed by atoms with Crippen LogP contribution in [0.25, 0.3) is 5.52 Å². The first-order valence-corrected chi connectivity index (χ1v) is 6.55. The monoisotopic (exact) mass is 246 g/mol. The Labute approximate surface area is 106 Å². The molecule has 3 rings (SSSR count). The summed E-state index contributed by atoms with van der Waals surface area (Å²) in [6, 6.07) is 1.94. The summed E-state index contributed by atoms with van der Waals surface area (Å²) in [4.78, 5) is 4.33. The lowest BCUT2D eigenvalue weighted by Crippen LogP contribution is -2.30. The molecule has 2 heterocycles. The molecule has 96 valence electrons. The van der Waals surface area contributed by atoms with Gasteiger partial charge in [-0.2, -0.15) is 5.10 Å². The van der Waals surface area contributed by atoms with E-state index in [2.05, 4.69) is 15.4 Å². The van der Waals surface area contributed by atoms with E-state index in [0.29, 0.717) is 5.92 Å². The number of hydrogen-bond donors (Lipinski definition) is 2. The first-order chi connectivity index (χ1) is 8.84. The Hall–Kier alpha value is -1.62. The Morgan fingerprint density at radius 1 is 1.33 bits per heavy atom. The van der Waals surface area contributed by atoms with Crippen LogP contribution in [0.15, 0.2) is 24.7 Å². The molecule has 2 atom stereocenters. The van der Waals surface area contributed by atoms with E-state index in [4.69, 9.17) is 0 Å². The number of rotatable bonds is 3. The van der Waals surface area contributed by atoms with Gasteiger partial charge in [0.1, 0.15) is 5.52 Å². The molecular weight excluding hydrogens is 228 g/mol. The molecule has 5 nitrogen and oxygen atoms in total. The molecule has 1 aliphatic rings. The van der Waals surface area contributed by atoms with Crippen molar-refractivity contribution in [2.45, 2.75) is 31.8 Å². The number of aliphatic hydroxyl groups excluding tert-OH is 1. The molecule has 0 amide bonds. The van der Waals surface area contributed by atoms with E-state index in [-0.39, 0.29) is 6.10 Å². The summed E-state index contributed by atoms with van der Waals surface area (Å²) in [6.07, 6.45) is 9.54. The first-order valence-electron chi connectivity index (χ1n) is 6.55. The number of hydrogen-bond acceptors (Lipinski definition) is 4. The molecule has 2 aromatic rings. The second-order valence-electron chi connectivity index (χ2n) is 4.93. The lowest BCUT2D eigenvalue weighted by atomic mass is 9.86. The number of aromatic nitrogens is 3. The maximum absolute atomic E-state index is 9.94. The third-order valence-electron chi connectivity index (χ3n) is 3.73. The quantitative estimate of drug-likeness (QED) is 0.865. The van der Waals surface area contributed by atoms with Gasteiger partial charge in [0.2, 0.25) is 0 Å². The fraction of sp³-hybridized carbons (Fsp3) is 0.538. The molecule has 1 saturated carbocycles. The second-order valence-corrected chi connectivity index (χ2v) is 4.93. The van der Waals surface area contributed by atoms with E-state index in [0.717, 1.165) is 37.1 Å². The third kappa shape index (κ3) is 2.18. The average molecular weight is 246 g/mol. The zero-order valence-electron chi connectivity index (χ0n) is 10.3. The fourth-order valence-corrected chi connectivity index (χ4v) is 2.65. The molecule has 0 radical (unpaired) electrons. The number of fused-ring (bicyclic) bond motifs is 1. The molecule has 1 aliphatic carbocycles. The van der Waals surface area contributed by atoms with Crippen LogP contribution in [0.5, 0.6) is 0 Å². The first kappa shape index (κ1) is 11.5. The molecule has 2 aromatic heterocycles. The minimum Gasteiger partial charge on any atom is -0.393 e. The fourth-order valence-electron chi connectivity index (χ4n) is 2.65. The molecular formula is C13H18N4O. The zero-order valence-corrected chi connectivity index (χ0v) is 10.3. The molecule has 0 bridgehead atoms. The van der Waals surface area contributed by atoms with Crippen LogP contribution < -0.4 is 5.32 Å². The van der Waals surface area contributed by atoms with Gasteiger partial charge in [0.05, 0.1) is 12.3 Å². The normalized spacial score (nSPS) is 24.3. The Morgan fingerprint density at radius 3 is 3.11 bits per heavy atom. The lowest BCUT2D eigenvalue weighted by Gasteiger charge is -2.27. The molecule has 0 aromatic carbocycles. The van der Waals surface area contributed by atoms with Crippen LogP contribution in [0.3, 0.4) is 0 Å². The van der Waals surface area contributed by atoms with Crippen LogP contribution in [0.2, 0.25) is 0 Å². The van der Waals surface area contributed by atoms with E-state index in [1.807, 2.05) is 12.3 Å². The van der Waals surface area contributed by atoms with E-state index < -0.39 is 0 Å². The van der Waals surface area contributed by atoms with E-state index in [9.17, 15) is 5.11 Å². The summed E-state index contributed by atoms with van der Waals surface area (Å²) in [5.41, 5.74) is 0.975. The summed E-state index contributed by atoms with van der Waals surface area (Å²) < 4.78 is 1.80. The van der Waals surface area contributed by atoms with Gasteiger partial charge in [-0.1, -0.05) is 12.8 Å². The SMILES string of the molecule is OC1CCCCC1CNc1nccn2nccc12. The van der Waals surface area contributed by atoms with Gasteiger partial charge in [0.25, 0.3) is 0 Å². The maximum Gasteiger partial charge on any atom is 0.152 e. The van der Waals surface area contributed by atoms with Crippen LogP contribution in [0.4, 0.5) is 5.82 Å². The molecule has 5 heteroatoms. The van der Waals surface area contributed by atoms with Gasteiger partial charge in [-0.25, -0.2) is 9.50 Å². The van der Waals surface area contributed by atoms with E-state index >= 15 is 0 Å². The van der Waals surface area contributed by atoms with Gasteiger partial charge in [-0.05, 0) is 18.9 Å². The van der Waals surface area contributed by atoms with Gasteiger partial charge in [-0.15, -0.1) is 0 Å². The minimum atomic E-state index is -0.170. The van der Waals surface area contributed by atoms with Crippen molar-refractivity contribution < 1.29 is 5.11 Å². The zero-order chi connectivity index (χ0) is 12.4. The average Bonchev–Trinajstić information content (AvgIpc) is 2.86. The van der Waals surface area contributed by atoms with Crippen molar-refractivity contribution in [3.05, 3.63) is 24.7 Å². The highest BCUT2D eigenvalue weighted by Crippen LogP contribution is 2.25. The van der Waals surface area contributed by atoms with Crippen LogP contribution in [0, 0.1) is 5.92 Å². The highest BCUT2D eigenvalue weighted by molar-refractivity contribution is 5.66. The lowest BCUT2D eigenvalue weighted by molar-refractivity contribution is 0.0763. The molecule has 0 aliphatic heterocycles.